The molecule has 0 bridgehead atoms. The number of hydrogen-bond acceptors (Lipinski definition) is 6. The summed E-state index contributed by atoms with van der Waals surface area (Å²) in [6, 6.07) is 4.65. The maximum absolute atomic E-state index is 12.2. The molecular formula is C17H17ClF3N3O3S. The quantitative estimate of drug-likeness (QED) is 0.670. The Balaban J connectivity index is 1.71. The Kier molecular flexibility index (Phi) is 5.83. The molecule has 0 fully saturated rings. The van der Waals surface area contributed by atoms with Crippen LogP contribution in [0.15, 0.2) is 35.5 Å². The Morgan fingerprint density at radius 1 is 1.25 bits per heavy atom. The van der Waals surface area contributed by atoms with Gasteiger partial charge in [0.05, 0.1) is 29.0 Å². The number of alkyl halides is 3. The molecule has 0 radical (unpaired) electrons. The second-order valence-corrected chi connectivity index (χ2v) is 9.01. The lowest BCUT2D eigenvalue weighted by Gasteiger charge is -2.33. The molecule has 1 aromatic carbocycles. The summed E-state index contributed by atoms with van der Waals surface area (Å²) in [7, 11) is 1.61. The molecule has 1 aliphatic heterocycles. The van der Waals surface area contributed by atoms with Gasteiger partial charge in [-0.25, -0.2) is 13.4 Å². The molecule has 0 unspecified atom stereocenters. The minimum atomic E-state index is -4.44. The van der Waals surface area contributed by atoms with Gasteiger partial charge in [0.1, 0.15) is 0 Å². The van der Waals surface area contributed by atoms with Crippen LogP contribution in [0.4, 0.5) is 13.2 Å². The van der Waals surface area contributed by atoms with Crippen molar-refractivity contribution < 1.29 is 26.3 Å². The first kappa shape index (κ1) is 20.8. The summed E-state index contributed by atoms with van der Waals surface area (Å²) in [5.41, 5.74) is 2.48. The second kappa shape index (κ2) is 7.84. The summed E-state index contributed by atoms with van der Waals surface area (Å²) in [6.45, 7) is 1.68. The average Bonchev–Trinajstić information content (AvgIpc) is 2.64. The summed E-state index contributed by atoms with van der Waals surface area (Å²) in [5, 5.41) is 0. The number of rotatable bonds is 5. The van der Waals surface area contributed by atoms with E-state index >= 15 is 0 Å². The number of ether oxygens (including phenoxy) is 1. The van der Waals surface area contributed by atoms with Crippen molar-refractivity contribution in [3.63, 3.8) is 0 Å². The topological polar surface area (TPSA) is 72.4 Å². The van der Waals surface area contributed by atoms with Crippen molar-refractivity contribution >= 4 is 19.7 Å². The third kappa shape index (κ3) is 5.12. The fraction of sp³-hybridized carbons (Fsp3) is 0.412. The Bertz CT molecular complexity index is 952. The molecule has 0 saturated carbocycles. The Hall–Kier alpha value is -1.91. The van der Waals surface area contributed by atoms with E-state index in [1.807, 2.05) is 6.92 Å². The van der Waals surface area contributed by atoms with Crippen LogP contribution in [-0.2, 0) is 22.0 Å². The predicted octanol–water partition coefficient (Wildman–Crippen LogP) is 3.46. The van der Waals surface area contributed by atoms with Gasteiger partial charge in [-0.3, -0.25) is 9.88 Å². The van der Waals surface area contributed by atoms with Crippen LogP contribution in [0.25, 0.3) is 0 Å². The molecule has 0 N–H and O–H groups in total. The summed E-state index contributed by atoms with van der Waals surface area (Å²) >= 11 is 0. The minimum absolute atomic E-state index is 0.0494. The van der Waals surface area contributed by atoms with E-state index in [2.05, 4.69) is 19.6 Å². The number of hydrogen-bond donors (Lipinski definition) is 0. The van der Waals surface area contributed by atoms with E-state index in [9.17, 15) is 21.6 Å². The van der Waals surface area contributed by atoms with Gasteiger partial charge in [0.2, 0.25) is 5.88 Å². The van der Waals surface area contributed by atoms with Crippen molar-refractivity contribution in [2.75, 3.05) is 13.2 Å². The van der Waals surface area contributed by atoms with E-state index in [1.165, 1.54) is 12.3 Å². The van der Waals surface area contributed by atoms with Gasteiger partial charge in [0, 0.05) is 23.8 Å². The zero-order valence-electron chi connectivity index (χ0n) is 14.8. The first-order valence-electron chi connectivity index (χ1n) is 8.35. The summed E-state index contributed by atoms with van der Waals surface area (Å²) in [6.07, 6.45) is -1.17. The molecule has 1 atom stereocenters. The predicted molar refractivity (Wildman–Crippen MR) is 95.6 cm³/mol. The second-order valence-electron chi connectivity index (χ2n) is 6.45. The highest BCUT2D eigenvalue weighted by atomic mass is 35.7. The molecule has 0 amide bonds. The lowest BCUT2D eigenvalue weighted by atomic mass is 9.98. The van der Waals surface area contributed by atoms with E-state index in [4.69, 9.17) is 10.7 Å². The van der Waals surface area contributed by atoms with Crippen LogP contribution in [0.5, 0.6) is 5.88 Å². The van der Waals surface area contributed by atoms with Crippen molar-refractivity contribution in [2.24, 2.45) is 0 Å². The fourth-order valence-corrected chi connectivity index (χ4v) is 3.80. The van der Waals surface area contributed by atoms with E-state index in [1.54, 1.807) is 12.1 Å². The van der Waals surface area contributed by atoms with Gasteiger partial charge < -0.3 is 4.74 Å². The third-order valence-electron chi connectivity index (χ3n) is 4.51. The maximum Gasteiger partial charge on any atom is 0.422 e. The highest BCUT2D eigenvalue weighted by Gasteiger charge is 2.29. The van der Waals surface area contributed by atoms with Gasteiger partial charge in [-0.2, -0.15) is 13.2 Å². The van der Waals surface area contributed by atoms with Crippen molar-refractivity contribution in [1.82, 2.24) is 14.9 Å². The van der Waals surface area contributed by atoms with E-state index < -0.39 is 21.8 Å². The third-order valence-corrected chi connectivity index (χ3v) is 5.86. The lowest BCUT2D eigenvalue weighted by Crippen LogP contribution is -2.33. The first-order valence-corrected chi connectivity index (χ1v) is 10.7. The summed E-state index contributed by atoms with van der Waals surface area (Å²) < 4.78 is 64.2. The van der Waals surface area contributed by atoms with Crippen LogP contribution in [0, 0.1) is 0 Å². The Morgan fingerprint density at radius 2 is 2.00 bits per heavy atom. The maximum atomic E-state index is 12.2. The molecule has 152 valence electrons. The van der Waals surface area contributed by atoms with Gasteiger partial charge >= 0.3 is 6.18 Å². The largest absolute Gasteiger partial charge is 0.467 e. The van der Waals surface area contributed by atoms with Gasteiger partial charge in [-0.05, 0) is 36.6 Å². The highest BCUT2D eigenvalue weighted by molar-refractivity contribution is 8.13. The molecule has 11 heteroatoms. The van der Waals surface area contributed by atoms with Gasteiger partial charge in [-0.15, -0.1) is 0 Å². The molecular weight excluding hydrogens is 419 g/mol. The zero-order chi connectivity index (χ0) is 20.5. The molecule has 0 aliphatic carbocycles. The van der Waals surface area contributed by atoms with Gasteiger partial charge in [-0.1, -0.05) is 6.07 Å². The monoisotopic (exact) mass is 435 g/mol. The van der Waals surface area contributed by atoms with Crippen LogP contribution < -0.4 is 4.74 Å². The first-order chi connectivity index (χ1) is 13.0. The van der Waals surface area contributed by atoms with Crippen LogP contribution >= 0.6 is 10.7 Å². The van der Waals surface area contributed by atoms with Crippen molar-refractivity contribution in [2.45, 2.75) is 37.0 Å². The number of benzene rings is 1. The molecule has 3 rings (SSSR count). The van der Waals surface area contributed by atoms with Crippen LogP contribution in [-0.4, -0.2) is 42.6 Å². The van der Waals surface area contributed by atoms with Crippen LogP contribution in [0.3, 0.4) is 0 Å². The fourth-order valence-electron chi connectivity index (χ4n) is 3.00. The van der Waals surface area contributed by atoms with Crippen molar-refractivity contribution in [3.8, 4) is 5.88 Å². The number of aromatic nitrogens is 2. The van der Waals surface area contributed by atoms with Crippen LogP contribution in [0.1, 0.15) is 29.8 Å². The summed E-state index contributed by atoms with van der Waals surface area (Å²) in [5.74, 6) is -0.200. The molecule has 2 heterocycles. The molecule has 6 nitrogen and oxygen atoms in total. The van der Waals surface area contributed by atoms with E-state index in [0.717, 1.165) is 30.3 Å². The SMILES string of the molecule is C[C@H](c1cnc(OCC(F)(F)F)cn1)N1CCc2ccc(S(=O)(=O)Cl)cc2C1. The molecule has 1 aromatic heterocycles. The molecule has 0 saturated heterocycles. The van der Waals surface area contributed by atoms with Crippen LogP contribution in [0.2, 0.25) is 0 Å². The molecule has 0 spiro atoms. The van der Waals surface area contributed by atoms with Crippen molar-refractivity contribution in [3.05, 3.63) is 47.4 Å². The smallest absolute Gasteiger partial charge is 0.422 e. The van der Waals surface area contributed by atoms with Crippen molar-refractivity contribution in [1.29, 1.82) is 0 Å². The highest BCUT2D eigenvalue weighted by Crippen LogP contribution is 2.29. The summed E-state index contributed by atoms with van der Waals surface area (Å²) in [4.78, 5) is 10.2. The van der Waals surface area contributed by atoms with E-state index in [0.29, 0.717) is 12.2 Å². The number of halogens is 4. The lowest BCUT2D eigenvalue weighted by molar-refractivity contribution is -0.154. The zero-order valence-corrected chi connectivity index (χ0v) is 16.4. The Morgan fingerprint density at radius 3 is 2.61 bits per heavy atom. The van der Waals surface area contributed by atoms with E-state index in [-0.39, 0.29) is 16.8 Å². The van der Waals surface area contributed by atoms with Gasteiger partial charge in [0.25, 0.3) is 9.05 Å². The number of nitrogens with zero attached hydrogens (tertiary/aromatic N) is 3. The Labute approximate surface area is 164 Å². The average molecular weight is 436 g/mol. The minimum Gasteiger partial charge on any atom is -0.467 e. The number of fused-ring (bicyclic) bond motifs is 1. The normalized spacial score (nSPS) is 16.5. The van der Waals surface area contributed by atoms with Gasteiger partial charge in [0.15, 0.2) is 6.61 Å². The standard InChI is InChI=1S/C17H17ClF3N3O3S/c1-11(15-7-23-16(8-22-15)27-10-17(19,20)21)24-5-4-12-2-3-14(28(18,25)26)6-13(12)9-24/h2-3,6-8,11H,4-5,9-10H2,1H3/t11-/m1/s1. The molecule has 28 heavy (non-hydrogen) atoms. The molecule has 1 aliphatic rings. The molecule has 2 aromatic rings.